The molecular weight excluding hydrogens is 416 g/mol. The van der Waals surface area contributed by atoms with E-state index in [0.29, 0.717) is 15.9 Å². The third-order valence-corrected chi connectivity index (χ3v) is 3.72. The molecule has 0 atom stereocenters. The van der Waals surface area contributed by atoms with Crippen LogP contribution in [-0.4, -0.2) is 44.4 Å². The Morgan fingerprint density at radius 3 is 2.37 bits per heavy atom. The molecule has 0 bridgehead atoms. The number of anilines is 1. The summed E-state index contributed by atoms with van der Waals surface area (Å²) in [5, 5.41) is 4.14. The highest BCUT2D eigenvalue weighted by molar-refractivity contribution is 9.10. The zero-order chi connectivity index (χ0) is 20.4. The Morgan fingerprint density at radius 1 is 1.15 bits per heavy atom. The molecule has 0 aliphatic rings. The highest BCUT2D eigenvalue weighted by Gasteiger charge is 2.26. The number of amides is 1. The third-order valence-electron chi connectivity index (χ3n) is 3.16. The first-order valence-electron chi connectivity index (χ1n) is 8.58. The normalized spacial score (nSPS) is 12.1. The van der Waals surface area contributed by atoms with Crippen molar-refractivity contribution in [3.05, 3.63) is 22.9 Å². The number of carbonyl (C=O) groups excluding carboxylic acids is 2. The summed E-state index contributed by atoms with van der Waals surface area (Å²) < 4.78 is 13.1. The van der Waals surface area contributed by atoms with Crippen LogP contribution < -0.4 is 4.90 Å². The summed E-state index contributed by atoms with van der Waals surface area (Å²) in [5.74, 6) is -0.0378. The molecule has 0 saturated heterocycles. The number of aromatic nitrogens is 3. The Balaban J connectivity index is 2.26. The fourth-order valence-corrected chi connectivity index (χ4v) is 2.56. The average molecular weight is 441 g/mol. The van der Waals surface area contributed by atoms with Crippen LogP contribution in [-0.2, 0) is 14.3 Å². The monoisotopic (exact) mass is 440 g/mol. The maximum atomic E-state index is 12.7. The molecule has 8 nitrogen and oxygen atoms in total. The average Bonchev–Trinajstić information content (AvgIpc) is 2.85. The largest absolute Gasteiger partial charge is 0.460 e. The van der Waals surface area contributed by atoms with Gasteiger partial charge >= 0.3 is 12.1 Å². The van der Waals surface area contributed by atoms with Gasteiger partial charge in [-0.15, -0.1) is 0 Å². The minimum Gasteiger partial charge on any atom is -0.460 e. The van der Waals surface area contributed by atoms with Crippen molar-refractivity contribution in [1.29, 1.82) is 0 Å². The van der Waals surface area contributed by atoms with Crippen molar-refractivity contribution in [1.82, 2.24) is 14.6 Å². The van der Waals surface area contributed by atoms with Gasteiger partial charge in [0, 0.05) is 12.7 Å². The van der Waals surface area contributed by atoms with Gasteiger partial charge in [-0.25, -0.2) is 14.3 Å². The van der Waals surface area contributed by atoms with E-state index in [1.807, 2.05) is 0 Å². The number of hydrogen-bond donors (Lipinski definition) is 0. The van der Waals surface area contributed by atoms with Crippen LogP contribution in [0.15, 0.2) is 22.9 Å². The number of hydrogen-bond acceptors (Lipinski definition) is 6. The van der Waals surface area contributed by atoms with Crippen molar-refractivity contribution >= 4 is 39.5 Å². The lowest BCUT2D eigenvalue weighted by Crippen LogP contribution is -2.39. The predicted molar refractivity (Wildman–Crippen MR) is 105 cm³/mol. The van der Waals surface area contributed by atoms with E-state index in [1.165, 1.54) is 4.90 Å². The van der Waals surface area contributed by atoms with Crippen LogP contribution in [0.2, 0.25) is 0 Å². The van der Waals surface area contributed by atoms with Crippen molar-refractivity contribution in [2.24, 2.45) is 0 Å². The lowest BCUT2D eigenvalue weighted by molar-refractivity contribution is -0.154. The van der Waals surface area contributed by atoms with Crippen molar-refractivity contribution in [3.63, 3.8) is 0 Å². The zero-order valence-electron chi connectivity index (χ0n) is 16.4. The molecule has 0 saturated carbocycles. The molecule has 9 heteroatoms. The van der Waals surface area contributed by atoms with Gasteiger partial charge in [-0.05, 0) is 63.5 Å². The maximum Gasteiger partial charge on any atom is 0.416 e. The minimum absolute atomic E-state index is 0.0177. The van der Waals surface area contributed by atoms with Crippen LogP contribution in [0.3, 0.4) is 0 Å². The Kier molecular flexibility index (Phi) is 6.14. The molecule has 2 aromatic rings. The van der Waals surface area contributed by atoms with Crippen LogP contribution in [0.4, 0.5) is 10.6 Å². The van der Waals surface area contributed by atoms with Gasteiger partial charge < -0.3 is 9.47 Å². The number of fused-ring (bicyclic) bond motifs is 1. The van der Waals surface area contributed by atoms with E-state index in [2.05, 4.69) is 26.0 Å². The summed E-state index contributed by atoms with van der Waals surface area (Å²) in [5.41, 5.74) is -0.714. The van der Waals surface area contributed by atoms with E-state index >= 15 is 0 Å². The second-order valence-corrected chi connectivity index (χ2v) is 8.87. The van der Waals surface area contributed by atoms with Crippen molar-refractivity contribution < 1.29 is 19.1 Å². The Hall–Kier alpha value is -2.16. The second kappa shape index (κ2) is 7.84. The molecule has 0 aliphatic heterocycles. The fourth-order valence-electron chi connectivity index (χ4n) is 2.19. The summed E-state index contributed by atoms with van der Waals surface area (Å²) in [6, 6.07) is 1.64. The Morgan fingerprint density at radius 2 is 1.78 bits per heavy atom. The van der Waals surface area contributed by atoms with E-state index in [9.17, 15) is 9.59 Å². The molecule has 2 rings (SSSR count). The molecule has 2 heterocycles. The van der Waals surface area contributed by atoms with Crippen molar-refractivity contribution in [2.45, 2.75) is 59.2 Å². The van der Waals surface area contributed by atoms with Gasteiger partial charge in [0.2, 0.25) is 0 Å². The SMILES string of the molecule is CC(C)(C)OC(=O)CCN(C(=O)OC(C)(C)C)c1ccn2ncc(Br)c2n1. The number of ether oxygens (including phenoxy) is 2. The van der Waals surface area contributed by atoms with Crippen LogP contribution in [0.25, 0.3) is 5.65 Å². The molecule has 2 aromatic heterocycles. The van der Waals surface area contributed by atoms with Gasteiger partial charge in [-0.1, -0.05) is 0 Å². The molecule has 0 fully saturated rings. The summed E-state index contributed by atoms with van der Waals surface area (Å²) >= 11 is 3.38. The van der Waals surface area contributed by atoms with Gasteiger partial charge in [0.1, 0.15) is 17.0 Å². The standard InChI is InChI=1S/C18H25BrN4O4/c1-17(2,3)26-14(24)8-9-22(16(25)27-18(4,5)6)13-7-10-23-15(21-13)12(19)11-20-23/h7,10-11H,8-9H2,1-6H3. The van der Waals surface area contributed by atoms with Crippen LogP contribution in [0.1, 0.15) is 48.0 Å². The van der Waals surface area contributed by atoms with Crippen molar-refractivity contribution in [3.8, 4) is 0 Å². The first-order chi connectivity index (χ1) is 12.4. The van der Waals surface area contributed by atoms with Gasteiger partial charge in [-0.2, -0.15) is 5.10 Å². The van der Waals surface area contributed by atoms with Gasteiger partial charge in [0.25, 0.3) is 0 Å². The van der Waals surface area contributed by atoms with Crippen LogP contribution in [0, 0.1) is 0 Å². The van der Waals surface area contributed by atoms with Gasteiger partial charge in [0.15, 0.2) is 5.65 Å². The topological polar surface area (TPSA) is 86.0 Å². The molecule has 148 valence electrons. The number of carbonyl (C=O) groups is 2. The smallest absolute Gasteiger partial charge is 0.416 e. The summed E-state index contributed by atoms with van der Waals surface area (Å²) in [6.07, 6.45) is 2.74. The lowest BCUT2D eigenvalue weighted by Gasteiger charge is -2.27. The number of esters is 1. The molecule has 1 amide bonds. The number of rotatable bonds is 4. The molecular formula is C18H25BrN4O4. The first kappa shape index (κ1) is 21.1. The van der Waals surface area contributed by atoms with Gasteiger partial charge in [-0.3, -0.25) is 9.69 Å². The zero-order valence-corrected chi connectivity index (χ0v) is 18.0. The predicted octanol–water partition coefficient (Wildman–Crippen LogP) is 3.97. The molecule has 0 N–H and O–H groups in total. The van der Waals surface area contributed by atoms with E-state index in [1.54, 1.807) is 64.5 Å². The van der Waals surface area contributed by atoms with Crippen molar-refractivity contribution in [2.75, 3.05) is 11.4 Å². The highest BCUT2D eigenvalue weighted by atomic mass is 79.9. The summed E-state index contributed by atoms with van der Waals surface area (Å²) in [7, 11) is 0. The highest BCUT2D eigenvalue weighted by Crippen LogP contribution is 2.21. The molecule has 0 spiro atoms. The van der Waals surface area contributed by atoms with Gasteiger partial charge in [0.05, 0.1) is 17.1 Å². The molecule has 27 heavy (non-hydrogen) atoms. The van der Waals surface area contributed by atoms with E-state index < -0.39 is 23.3 Å². The van der Waals surface area contributed by atoms with Crippen LogP contribution >= 0.6 is 15.9 Å². The van der Waals surface area contributed by atoms with E-state index in [0.717, 1.165) is 0 Å². The quantitative estimate of drug-likeness (QED) is 0.668. The van der Waals surface area contributed by atoms with E-state index in [-0.39, 0.29) is 13.0 Å². The second-order valence-electron chi connectivity index (χ2n) is 8.01. The molecule has 0 aromatic carbocycles. The molecule has 0 unspecified atom stereocenters. The molecule has 0 aliphatic carbocycles. The fraction of sp³-hybridized carbons (Fsp3) is 0.556. The Bertz CT molecular complexity index is 836. The van der Waals surface area contributed by atoms with E-state index in [4.69, 9.17) is 9.47 Å². The molecule has 0 radical (unpaired) electrons. The summed E-state index contributed by atoms with van der Waals surface area (Å²) in [4.78, 5) is 30.6. The maximum absolute atomic E-state index is 12.7. The summed E-state index contributed by atoms with van der Waals surface area (Å²) in [6.45, 7) is 10.8. The number of nitrogens with zero attached hydrogens (tertiary/aromatic N) is 4. The third kappa shape index (κ3) is 6.20. The minimum atomic E-state index is -0.678. The lowest BCUT2D eigenvalue weighted by atomic mass is 10.2. The first-order valence-corrected chi connectivity index (χ1v) is 9.37. The number of halogens is 1. The Labute approximate surface area is 167 Å². The van der Waals surface area contributed by atoms with Crippen LogP contribution in [0.5, 0.6) is 0 Å².